The van der Waals surface area contributed by atoms with Crippen LogP contribution in [0.25, 0.3) is 10.2 Å². The summed E-state index contributed by atoms with van der Waals surface area (Å²) in [6.07, 6.45) is 0. The van der Waals surface area contributed by atoms with Crippen molar-refractivity contribution in [2.24, 2.45) is 0 Å². The fraction of sp³-hybridized carbons (Fsp3) is 0.176. The van der Waals surface area contributed by atoms with Crippen molar-refractivity contribution in [1.82, 2.24) is 4.98 Å². The molecule has 6 heteroatoms. The third-order valence-electron chi connectivity index (χ3n) is 3.31. The quantitative estimate of drug-likeness (QED) is 0.493. The predicted molar refractivity (Wildman–Crippen MR) is 94.2 cm³/mol. The van der Waals surface area contributed by atoms with Crippen molar-refractivity contribution >= 4 is 39.1 Å². The Kier molecular flexibility index (Phi) is 4.83. The number of aromatic nitrogens is 1. The van der Waals surface area contributed by atoms with Gasteiger partial charge in [0.1, 0.15) is 11.5 Å². The van der Waals surface area contributed by atoms with E-state index in [1.54, 1.807) is 43.8 Å². The van der Waals surface area contributed by atoms with E-state index in [0.717, 1.165) is 14.6 Å². The van der Waals surface area contributed by atoms with Crippen LogP contribution in [0.3, 0.4) is 0 Å². The molecule has 0 aliphatic carbocycles. The SMILES string of the molecule is COc1ccc(C(=O)CSc2nc3ccccc3s2)c(OC)c1. The summed E-state index contributed by atoms with van der Waals surface area (Å²) in [6.45, 7) is 0. The smallest absolute Gasteiger partial charge is 0.176 e. The van der Waals surface area contributed by atoms with Crippen LogP contribution in [0.1, 0.15) is 10.4 Å². The molecule has 0 radical (unpaired) electrons. The highest BCUT2D eigenvalue weighted by Crippen LogP contribution is 2.31. The molecule has 0 fully saturated rings. The Balaban J connectivity index is 1.74. The average Bonchev–Trinajstić information content (AvgIpc) is 3.02. The molecule has 2 aromatic carbocycles. The largest absolute Gasteiger partial charge is 0.497 e. The Morgan fingerprint density at radius 2 is 2.00 bits per heavy atom. The van der Waals surface area contributed by atoms with E-state index in [2.05, 4.69) is 4.98 Å². The molecule has 0 aliphatic heterocycles. The minimum absolute atomic E-state index is 0.00811. The molecule has 118 valence electrons. The molecular weight excluding hydrogens is 330 g/mol. The number of hydrogen-bond donors (Lipinski definition) is 0. The minimum atomic E-state index is 0.00811. The van der Waals surface area contributed by atoms with E-state index >= 15 is 0 Å². The van der Waals surface area contributed by atoms with Gasteiger partial charge in [-0.3, -0.25) is 4.79 Å². The molecule has 0 bridgehead atoms. The first-order chi connectivity index (χ1) is 11.2. The Morgan fingerprint density at radius 3 is 2.74 bits per heavy atom. The fourth-order valence-corrected chi connectivity index (χ4v) is 4.10. The lowest BCUT2D eigenvalue weighted by Gasteiger charge is -2.09. The monoisotopic (exact) mass is 345 g/mol. The summed E-state index contributed by atoms with van der Waals surface area (Å²) in [5, 5.41) is 0. The molecule has 3 rings (SSSR count). The summed E-state index contributed by atoms with van der Waals surface area (Å²) in [5.74, 6) is 1.52. The highest BCUT2D eigenvalue weighted by atomic mass is 32.2. The maximum Gasteiger partial charge on any atom is 0.176 e. The van der Waals surface area contributed by atoms with Gasteiger partial charge in [-0.25, -0.2) is 4.98 Å². The molecule has 0 saturated heterocycles. The Morgan fingerprint density at radius 1 is 1.17 bits per heavy atom. The third-order valence-corrected chi connectivity index (χ3v) is 5.49. The van der Waals surface area contributed by atoms with Crippen LogP contribution in [-0.2, 0) is 0 Å². The van der Waals surface area contributed by atoms with Crippen molar-refractivity contribution in [3.8, 4) is 11.5 Å². The number of thioether (sulfide) groups is 1. The lowest BCUT2D eigenvalue weighted by atomic mass is 10.1. The number of ketones is 1. The number of rotatable bonds is 6. The Labute approximate surface area is 142 Å². The topological polar surface area (TPSA) is 48.4 Å². The molecule has 0 aliphatic rings. The Bertz CT molecular complexity index is 812. The lowest BCUT2D eigenvalue weighted by molar-refractivity contribution is 0.101. The minimum Gasteiger partial charge on any atom is -0.497 e. The number of benzene rings is 2. The molecule has 0 amide bonds. The van der Waals surface area contributed by atoms with Gasteiger partial charge >= 0.3 is 0 Å². The molecule has 1 aromatic heterocycles. The van der Waals surface area contributed by atoms with Gasteiger partial charge in [0.15, 0.2) is 10.1 Å². The standard InChI is InChI=1S/C17H15NO3S2/c1-20-11-7-8-12(15(9-11)21-2)14(19)10-22-17-18-13-5-3-4-6-16(13)23-17/h3-9H,10H2,1-2H3. The number of thiazole rings is 1. The first kappa shape index (κ1) is 15.8. The first-order valence-corrected chi connectivity index (χ1v) is 8.75. The van der Waals surface area contributed by atoms with Gasteiger partial charge in [-0.1, -0.05) is 23.9 Å². The van der Waals surface area contributed by atoms with Gasteiger partial charge in [0.25, 0.3) is 0 Å². The molecule has 3 aromatic rings. The van der Waals surface area contributed by atoms with Crippen LogP contribution in [0.5, 0.6) is 11.5 Å². The zero-order valence-corrected chi connectivity index (χ0v) is 14.4. The van der Waals surface area contributed by atoms with E-state index in [1.165, 1.54) is 11.8 Å². The summed E-state index contributed by atoms with van der Waals surface area (Å²) >= 11 is 3.05. The van der Waals surface area contributed by atoms with Crippen molar-refractivity contribution < 1.29 is 14.3 Å². The van der Waals surface area contributed by atoms with Gasteiger partial charge in [-0.15, -0.1) is 11.3 Å². The molecule has 0 saturated carbocycles. The van der Waals surface area contributed by atoms with Crippen LogP contribution < -0.4 is 9.47 Å². The van der Waals surface area contributed by atoms with E-state index in [1.807, 2.05) is 24.3 Å². The lowest BCUT2D eigenvalue weighted by Crippen LogP contribution is -2.05. The van der Waals surface area contributed by atoms with E-state index in [9.17, 15) is 4.79 Å². The van der Waals surface area contributed by atoms with Crippen molar-refractivity contribution in [1.29, 1.82) is 0 Å². The summed E-state index contributed by atoms with van der Waals surface area (Å²) in [6, 6.07) is 13.2. The van der Waals surface area contributed by atoms with Crippen LogP contribution in [-0.4, -0.2) is 30.7 Å². The van der Waals surface area contributed by atoms with Gasteiger partial charge in [-0.05, 0) is 24.3 Å². The number of nitrogens with zero attached hydrogens (tertiary/aromatic N) is 1. The number of carbonyl (C=O) groups is 1. The molecule has 0 unspecified atom stereocenters. The Hall–Kier alpha value is -2.05. The summed E-state index contributed by atoms with van der Waals surface area (Å²) in [4.78, 5) is 17.0. The zero-order chi connectivity index (χ0) is 16.2. The molecule has 4 nitrogen and oxygen atoms in total. The highest BCUT2D eigenvalue weighted by Gasteiger charge is 2.15. The number of Topliss-reactive ketones (excluding diaryl/α,β-unsaturated/α-hetero) is 1. The zero-order valence-electron chi connectivity index (χ0n) is 12.7. The number of ether oxygens (including phenoxy) is 2. The fourth-order valence-electron chi connectivity index (χ4n) is 2.15. The van der Waals surface area contributed by atoms with E-state index in [-0.39, 0.29) is 5.78 Å². The van der Waals surface area contributed by atoms with E-state index < -0.39 is 0 Å². The predicted octanol–water partition coefficient (Wildman–Crippen LogP) is 4.29. The van der Waals surface area contributed by atoms with Gasteiger partial charge in [0.05, 0.1) is 35.8 Å². The van der Waals surface area contributed by atoms with Crippen LogP contribution >= 0.6 is 23.1 Å². The van der Waals surface area contributed by atoms with Crippen molar-refractivity contribution in [2.45, 2.75) is 4.34 Å². The number of para-hydroxylation sites is 1. The van der Waals surface area contributed by atoms with E-state index in [4.69, 9.17) is 9.47 Å². The maximum atomic E-state index is 12.4. The van der Waals surface area contributed by atoms with E-state index in [0.29, 0.717) is 22.8 Å². The first-order valence-electron chi connectivity index (χ1n) is 6.95. The van der Waals surface area contributed by atoms with Crippen molar-refractivity contribution in [3.63, 3.8) is 0 Å². The summed E-state index contributed by atoms with van der Waals surface area (Å²) < 4.78 is 12.5. The molecule has 0 N–H and O–H groups in total. The molecule has 1 heterocycles. The second-order valence-corrected chi connectivity index (χ2v) is 6.98. The van der Waals surface area contributed by atoms with Crippen LogP contribution in [0.4, 0.5) is 0 Å². The van der Waals surface area contributed by atoms with Crippen molar-refractivity contribution in [3.05, 3.63) is 48.0 Å². The summed E-state index contributed by atoms with van der Waals surface area (Å²) in [5.41, 5.74) is 1.52. The van der Waals surface area contributed by atoms with Gasteiger partial charge < -0.3 is 9.47 Å². The second kappa shape index (κ2) is 7.02. The molecule has 0 atom stereocenters. The number of carbonyl (C=O) groups excluding carboxylic acids is 1. The highest BCUT2D eigenvalue weighted by molar-refractivity contribution is 8.01. The normalized spacial score (nSPS) is 10.7. The van der Waals surface area contributed by atoms with Crippen LogP contribution in [0.15, 0.2) is 46.8 Å². The summed E-state index contributed by atoms with van der Waals surface area (Å²) in [7, 11) is 3.13. The van der Waals surface area contributed by atoms with Gasteiger partial charge in [0.2, 0.25) is 0 Å². The second-order valence-electron chi connectivity index (χ2n) is 4.73. The number of fused-ring (bicyclic) bond motifs is 1. The molecule has 0 spiro atoms. The number of hydrogen-bond acceptors (Lipinski definition) is 6. The molecule has 23 heavy (non-hydrogen) atoms. The third kappa shape index (κ3) is 3.48. The van der Waals surface area contributed by atoms with Crippen molar-refractivity contribution in [2.75, 3.05) is 20.0 Å². The maximum absolute atomic E-state index is 12.4. The van der Waals surface area contributed by atoms with Gasteiger partial charge in [-0.2, -0.15) is 0 Å². The van der Waals surface area contributed by atoms with Gasteiger partial charge in [0, 0.05) is 6.07 Å². The number of methoxy groups -OCH3 is 2. The molecular formula is C17H15NO3S2. The van der Waals surface area contributed by atoms with Crippen LogP contribution in [0, 0.1) is 0 Å². The average molecular weight is 345 g/mol. The van der Waals surface area contributed by atoms with Crippen LogP contribution in [0.2, 0.25) is 0 Å².